The predicted octanol–water partition coefficient (Wildman–Crippen LogP) is 6.99. The summed E-state index contributed by atoms with van der Waals surface area (Å²) in [6.07, 6.45) is 0. The summed E-state index contributed by atoms with van der Waals surface area (Å²) >= 11 is 24.9. The van der Waals surface area contributed by atoms with E-state index in [1.165, 1.54) is 41.3 Å². The molecule has 0 fully saturated rings. The van der Waals surface area contributed by atoms with Crippen LogP contribution in [0.5, 0.6) is 0 Å². The van der Waals surface area contributed by atoms with Crippen molar-refractivity contribution in [2.75, 3.05) is 17.4 Å². The summed E-state index contributed by atoms with van der Waals surface area (Å²) in [5.74, 6) is -0.852. The molecular weight excluding hydrogens is 628 g/mol. The number of amides is 2. The van der Waals surface area contributed by atoms with Gasteiger partial charge in [-0.2, -0.15) is 0 Å². The minimum absolute atomic E-state index is 0.0259. The normalized spacial score (nSPS) is 12.2. The first-order valence-corrected chi connectivity index (χ1v) is 15.7. The summed E-state index contributed by atoms with van der Waals surface area (Å²) in [6, 6.07) is 14.4. The number of benzene rings is 3. The van der Waals surface area contributed by atoms with Crippen LogP contribution in [-0.2, 0) is 26.2 Å². The van der Waals surface area contributed by atoms with Gasteiger partial charge in [-0.15, -0.1) is 0 Å². The summed E-state index contributed by atoms with van der Waals surface area (Å²) in [5.41, 5.74) is 1.49. The zero-order chi connectivity index (χ0) is 30.5. The number of carbonyl (C=O) groups is 2. The lowest BCUT2D eigenvalue weighted by molar-refractivity contribution is -0.139. The highest BCUT2D eigenvalue weighted by molar-refractivity contribution is 7.92. The van der Waals surface area contributed by atoms with Crippen molar-refractivity contribution in [2.24, 2.45) is 5.92 Å². The molecule has 0 aliphatic carbocycles. The van der Waals surface area contributed by atoms with Gasteiger partial charge in [0.2, 0.25) is 11.8 Å². The Balaban J connectivity index is 2.07. The van der Waals surface area contributed by atoms with Crippen LogP contribution in [0.15, 0.2) is 65.6 Å². The number of aryl methyl sites for hydroxylation is 1. The highest BCUT2D eigenvalue weighted by Gasteiger charge is 2.33. The van der Waals surface area contributed by atoms with E-state index >= 15 is 0 Å². The van der Waals surface area contributed by atoms with E-state index in [1.807, 2.05) is 20.8 Å². The van der Waals surface area contributed by atoms with Gasteiger partial charge in [0.25, 0.3) is 10.0 Å². The van der Waals surface area contributed by atoms with Crippen molar-refractivity contribution in [3.8, 4) is 0 Å². The third kappa shape index (κ3) is 8.75. The maximum atomic E-state index is 14.0. The molecule has 3 aromatic rings. The third-order valence-electron chi connectivity index (χ3n) is 6.23. The Morgan fingerprint density at radius 3 is 2.02 bits per heavy atom. The van der Waals surface area contributed by atoms with E-state index in [0.717, 1.165) is 9.87 Å². The van der Waals surface area contributed by atoms with E-state index in [9.17, 15) is 18.0 Å². The Morgan fingerprint density at radius 2 is 1.46 bits per heavy atom. The summed E-state index contributed by atoms with van der Waals surface area (Å²) in [6.45, 7) is 7.00. The van der Waals surface area contributed by atoms with Crippen molar-refractivity contribution in [3.63, 3.8) is 0 Å². The molecular formula is C29H31Cl4N3O4S. The second-order valence-electron chi connectivity index (χ2n) is 10.0. The standard InChI is InChI=1S/C29H31Cl4N3O4S/c1-18(2)15-34-29(38)20(4)35(16-21-7-8-22(30)14-27(21)33)28(37)17-36(25-12-23(31)11-24(32)13-25)41(39,40)26-9-5-19(3)6-10-26/h5-14,18,20H,15-17H2,1-4H3,(H,34,38). The van der Waals surface area contributed by atoms with Crippen molar-refractivity contribution in [1.82, 2.24) is 10.2 Å². The van der Waals surface area contributed by atoms with Crippen LogP contribution >= 0.6 is 46.4 Å². The highest BCUT2D eigenvalue weighted by atomic mass is 35.5. The first kappa shape index (κ1) is 33.0. The lowest BCUT2D eigenvalue weighted by Gasteiger charge is -2.32. The molecule has 220 valence electrons. The summed E-state index contributed by atoms with van der Waals surface area (Å²) in [5, 5.41) is 3.93. The average molecular weight is 659 g/mol. The van der Waals surface area contributed by atoms with Gasteiger partial charge in [0.1, 0.15) is 12.6 Å². The van der Waals surface area contributed by atoms with Crippen LogP contribution in [0.2, 0.25) is 20.1 Å². The molecule has 0 spiro atoms. The zero-order valence-corrected chi connectivity index (χ0v) is 26.8. The van der Waals surface area contributed by atoms with Crippen molar-refractivity contribution in [2.45, 2.75) is 45.2 Å². The Labute approximate surface area is 261 Å². The van der Waals surface area contributed by atoms with E-state index in [-0.39, 0.29) is 33.1 Å². The van der Waals surface area contributed by atoms with E-state index in [4.69, 9.17) is 46.4 Å². The number of nitrogens with zero attached hydrogens (tertiary/aromatic N) is 2. The molecule has 12 heteroatoms. The van der Waals surface area contributed by atoms with E-state index in [1.54, 1.807) is 31.2 Å². The van der Waals surface area contributed by atoms with Crippen LogP contribution in [0.25, 0.3) is 0 Å². The van der Waals surface area contributed by atoms with Gasteiger partial charge in [0, 0.05) is 33.2 Å². The number of carbonyl (C=O) groups excluding carboxylic acids is 2. The SMILES string of the molecule is Cc1ccc(S(=O)(=O)N(CC(=O)N(Cc2ccc(Cl)cc2Cl)C(C)C(=O)NCC(C)C)c2cc(Cl)cc(Cl)c2)cc1. The number of rotatable bonds is 11. The van der Waals surface area contributed by atoms with Gasteiger partial charge in [-0.3, -0.25) is 13.9 Å². The molecule has 0 saturated heterocycles. The fraction of sp³-hybridized carbons (Fsp3) is 0.310. The molecule has 1 atom stereocenters. The van der Waals surface area contributed by atoms with Crippen molar-refractivity contribution in [3.05, 3.63) is 91.9 Å². The number of sulfonamides is 1. The topological polar surface area (TPSA) is 86.8 Å². The predicted molar refractivity (Wildman–Crippen MR) is 166 cm³/mol. The monoisotopic (exact) mass is 657 g/mol. The van der Waals surface area contributed by atoms with E-state index in [2.05, 4.69) is 5.32 Å². The Morgan fingerprint density at radius 1 is 0.854 bits per heavy atom. The largest absolute Gasteiger partial charge is 0.354 e. The van der Waals surface area contributed by atoms with Gasteiger partial charge in [-0.1, -0.05) is 84.0 Å². The fourth-order valence-electron chi connectivity index (χ4n) is 3.92. The van der Waals surface area contributed by atoms with Crippen molar-refractivity contribution >= 4 is 73.9 Å². The average Bonchev–Trinajstić information content (AvgIpc) is 2.89. The zero-order valence-electron chi connectivity index (χ0n) is 23.0. The van der Waals surface area contributed by atoms with E-state index < -0.39 is 34.4 Å². The molecule has 0 aliphatic rings. The van der Waals surface area contributed by atoms with Crippen LogP contribution in [0, 0.1) is 12.8 Å². The number of hydrogen-bond acceptors (Lipinski definition) is 4. The first-order chi connectivity index (χ1) is 19.2. The first-order valence-electron chi connectivity index (χ1n) is 12.8. The molecule has 7 nitrogen and oxygen atoms in total. The molecule has 2 amide bonds. The Bertz CT molecular complexity index is 1490. The van der Waals surface area contributed by atoms with Crippen LogP contribution in [0.4, 0.5) is 5.69 Å². The van der Waals surface area contributed by atoms with Gasteiger partial charge in [-0.25, -0.2) is 8.42 Å². The molecule has 0 saturated carbocycles. The minimum atomic E-state index is -4.26. The molecule has 0 radical (unpaired) electrons. The molecule has 0 heterocycles. The molecule has 1 unspecified atom stereocenters. The van der Waals surface area contributed by atoms with Crippen molar-refractivity contribution < 1.29 is 18.0 Å². The molecule has 3 rings (SSSR count). The molecule has 0 aliphatic heterocycles. The molecule has 3 aromatic carbocycles. The Hall–Kier alpha value is -2.49. The van der Waals surface area contributed by atoms with E-state index in [0.29, 0.717) is 22.2 Å². The summed E-state index contributed by atoms with van der Waals surface area (Å²) in [7, 11) is -4.26. The Kier molecular flexibility index (Phi) is 11.4. The molecule has 0 bridgehead atoms. The number of halogens is 4. The maximum Gasteiger partial charge on any atom is 0.264 e. The smallest absolute Gasteiger partial charge is 0.264 e. The van der Waals surface area contributed by atoms with Gasteiger partial charge >= 0.3 is 0 Å². The van der Waals surface area contributed by atoms with Gasteiger partial charge in [0.15, 0.2) is 0 Å². The number of hydrogen-bond donors (Lipinski definition) is 1. The maximum absolute atomic E-state index is 14.0. The quantitative estimate of drug-likeness (QED) is 0.241. The third-order valence-corrected chi connectivity index (χ3v) is 9.04. The lowest BCUT2D eigenvalue weighted by Crippen LogP contribution is -2.51. The molecule has 1 N–H and O–H groups in total. The van der Waals surface area contributed by atoms with Crippen molar-refractivity contribution in [1.29, 1.82) is 0 Å². The second kappa shape index (κ2) is 14.1. The van der Waals surface area contributed by atoms with Gasteiger partial charge in [0.05, 0.1) is 10.6 Å². The van der Waals surface area contributed by atoms with Gasteiger partial charge in [-0.05, 0) is 67.8 Å². The summed E-state index contributed by atoms with van der Waals surface area (Å²) < 4.78 is 28.8. The highest BCUT2D eigenvalue weighted by Crippen LogP contribution is 2.31. The van der Waals surface area contributed by atoms with Crippen LogP contribution in [0.1, 0.15) is 31.9 Å². The van der Waals surface area contributed by atoms with Crippen LogP contribution in [0.3, 0.4) is 0 Å². The summed E-state index contributed by atoms with van der Waals surface area (Å²) in [4.78, 5) is 28.4. The van der Waals surface area contributed by atoms with Gasteiger partial charge < -0.3 is 10.2 Å². The molecule has 0 aromatic heterocycles. The fourth-order valence-corrected chi connectivity index (χ4v) is 6.30. The van der Waals surface area contributed by atoms with Crippen LogP contribution < -0.4 is 9.62 Å². The van der Waals surface area contributed by atoms with Crippen LogP contribution in [-0.4, -0.2) is 44.3 Å². The number of anilines is 1. The second-order valence-corrected chi connectivity index (χ2v) is 13.6. The lowest BCUT2D eigenvalue weighted by atomic mass is 10.1. The minimum Gasteiger partial charge on any atom is -0.354 e. The number of nitrogens with one attached hydrogen (secondary N) is 1. The molecule has 41 heavy (non-hydrogen) atoms.